The van der Waals surface area contributed by atoms with E-state index in [4.69, 9.17) is 15.2 Å². The maximum absolute atomic E-state index is 12.3. The smallest absolute Gasteiger partial charge is 0.217 e. The van der Waals surface area contributed by atoms with Gasteiger partial charge in [-0.25, -0.2) is 8.42 Å². The van der Waals surface area contributed by atoms with Gasteiger partial charge in [0.05, 0.1) is 18.5 Å². The van der Waals surface area contributed by atoms with Crippen LogP contribution >= 0.6 is 0 Å². The molecule has 6 nitrogen and oxygen atoms in total. The summed E-state index contributed by atoms with van der Waals surface area (Å²) in [4.78, 5) is 0. The Morgan fingerprint density at radius 1 is 1.48 bits per heavy atom. The molecule has 1 aromatic rings. The maximum atomic E-state index is 12.3. The Labute approximate surface area is 125 Å². The molecule has 1 saturated heterocycles. The molecule has 0 saturated carbocycles. The number of rotatable bonds is 6. The van der Waals surface area contributed by atoms with Gasteiger partial charge in [0.2, 0.25) is 10.0 Å². The van der Waals surface area contributed by atoms with Crippen molar-refractivity contribution in [2.24, 2.45) is 0 Å². The SMILES string of the molecule is CCC1CN(S(=O)(=O)CCOc2cccc(N)c2)CCO1. The molecule has 2 rings (SSSR count). The van der Waals surface area contributed by atoms with Crippen LogP contribution in [0.4, 0.5) is 5.69 Å². The zero-order valence-electron chi connectivity index (χ0n) is 12.2. The van der Waals surface area contributed by atoms with Gasteiger partial charge in [-0.2, -0.15) is 4.31 Å². The van der Waals surface area contributed by atoms with Crippen LogP contribution in [-0.2, 0) is 14.8 Å². The zero-order valence-corrected chi connectivity index (χ0v) is 13.0. The Bertz CT molecular complexity index is 562. The summed E-state index contributed by atoms with van der Waals surface area (Å²) in [6.07, 6.45) is 0.801. The van der Waals surface area contributed by atoms with E-state index in [9.17, 15) is 8.42 Å². The number of nitrogens with zero attached hydrogens (tertiary/aromatic N) is 1. The van der Waals surface area contributed by atoms with E-state index in [1.165, 1.54) is 4.31 Å². The minimum absolute atomic E-state index is 0.0108. The predicted octanol–water partition coefficient (Wildman–Crippen LogP) is 1.09. The third kappa shape index (κ3) is 4.59. The average Bonchev–Trinajstić information content (AvgIpc) is 2.47. The number of hydrogen-bond donors (Lipinski definition) is 1. The van der Waals surface area contributed by atoms with Crippen LogP contribution in [0.3, 0.4) is 0 Å². The summed E-state index contributed by atoms with van der Waals surface area (Å²) in [7, 11) is -3.31. The monoisotopic (exact) mass is 314 g/mol. The second-order valence-corrected chi connectivity index (χ2v) is 7.08. The molecule has 0 aliphatic carbocycles. The highest BCUT2D eigenvalue weighted by Gasteiger charge is 2.28. The van der Waals surface area contributed by atoms with Crippen molar-refractivity contribution in [2.75, 3.05) is 37.8 Å². The number of benzene rings is 1. The van der Waals surface area contributed by atoms with Crippen LogP contribution in [0, 0.1) is 0 Å². The van der Waals surface area contributed by atoms with Crippen LogP contribution in [0.25, 0.3) is 0 Å². The summed E-state index contributed by atoms with van der Waals surface area (Å²) < 4.78 is 37.0. The van der Waals surface area contributed by atoms with Crippen molar-refractivity contribution in [1.29, 1.82) is 0 Å². The number of sulfonamides is 1. The highest BCUT2D eigenvalue weighted by molar-refractivity contribution is 7.89. The van der Waals surface area contributed by atoms with Gasteiger partial charge in [0.25, 0.3) is 0 Å². The van der Waals surface area contributed by atoms with E-state index in [2.05, 4.69) is 0 Å². The van der Waals surface area contributed by atoms with E-state index in [1.54, 1.807) is 24.3 Å². The standard InChI is InChI=1S/C14H22N2O4S/c1-2-13-11-16(6-7-19-13)21(17,18)9-8-20-14-5-3-4-12(15)10-14/h3-5,10,13H,2,6-9,11,15H2,1H3. The molecule has 1 aliphatic rings. The van der Waals surface area contributed by atoms with Crippen LogP contribution < -0.4 is 10.5 Å². The quantitative estimate of drug-likeness (QED) is 0.795. The van der Waals surface area contributed by atoms with E-state index in [0.29, 0.717) is 31.1 Å². The molecule has 1 aliphatic heterocycles. The van der Waals surface area contributed by atoms with Crippen molar-refractivity contribution in [3.05, 3.63) is 24.3 Å². The fraction of sp³-hybridized carbons (Fsp3) is 0.571. The second kappa shape index (κ2) is 7.11. The summed E-state index contributed by atoms with van der Waals surface area (Å²) in [5.74, 6) is 0.539. The second-order valence-electron chi connectivity index (χ2n) is 5.00. The molecule has 7 heteroatoms. The molecule has 0 radical (unpaired) electrons. The van der Waals surface area contributed by atoms with Gasteiger partial charge in [-0.05, 0) is 18.6 Å². The molecule has 21 heavy (non-hydrogen) atoms. The summed E-state index contributed by atoms with van der Waals surface area (Å²) in [5.41, 5.74) is 6.24. The maximum Gasteiger partial charge on any atom is 0.217 e. The number of nitrogens with two attached hydrogens (primary N) is 1. The lowest BCUT2D eigenvalue weighted by Gasteiger charge is -2.31. The fourth-order valence-electron chi connectivity index (χ4n) is 2.19. The van der Waals surface area contributed by atoms with Gasteiger partial charge in [0.15, 0.2) is 0 Å². The van der Waals surface area contributed by atoms with Crippen molar-refractivity contribution in [1.82, 2.24) is 4.31 Å². The van der Waals surface area contributed by atoms with Gasteiger partial charge in [-0.15, -0.1) is 0 Å². The first kappa shape index (κ1) is 16.1. The summed E-state index contributed by atoms with van der Waals surface area (Å²) in [5, 5.41) is 0. The van der Waals surface area contributed by atoms with Gasteiger partial charge < -0.3 is 15.2 Å². The topological polar surface area (TPSA) is 81.9 Å². The van der Waals surface area contributed by atoms with Crippen LogP contribution in [0.5, 0.6) is 5.75 Å². The van der Waals surface area contributed by atoms with Crippen LogP contribution in [0.15, 0.2) is 24.3 Å². The molecule has 1 atom stereocenters. The Morgan fingerprint density at radius 2 is 2.29 bits per heavy atom. The van der Waals surface area contributed by atoms with Crippen molar-refractivity contribution in [3.63, 3.8) is 0 Å². The highest BCUT2D eigenvalue weighted by atomic mass is 32.2. The number of ether oxygens (including phenoxy) is 2. The van der Waals surface area contributed by atoms with Gasteiger partial charge >= 0.3 is 0 Å². The van der Waals surface area contributed by atoms with E-state index in [-0.39, 0.29) is 18.5 Å². The van der Waals surface area contributed by atoms with Crippen molar-refractivity contribution >= 4 is 15.7 Å². The van der Waals surface area contributed by atoms with Gasteiger partial charge in [0.1, 0.15) is 12.4 Å². The number of anilines is 1. The molecular formula is C14H22N2O4S. The molecule has 1 heterocycles. The Morgan fingerprint density at radius 3 is 3.00 bits per heavy atom. The zero-order chi connectivity index (χ0) is 15.3. The van der Waals surface area contributed by atoms with Crippen molar-refractivity contribution in [3.8, 4) is 5.75 Å². The minimum atomic E-state index is -3.31. The van der Waals surface area contributed by atoms with Gasteiger partial charge in [-0.1, -0.05) is 13.0 Å². The number of hydrogen-bond acceptors (Lipinski definition) is 5. The number of nitrogen functional groups attached to an aromatic ring is 1. The molecule has 0 bridgehead atoms. The highest BCUT2D eigenvalue weighted by Crippen LogP contribution is 2.16. The third-order valence-corrected chi connectivity index (χ3v) is 5.22. The largest absolute Gasteiger partial charge is 0.492 e. The van der Waals surface area contributed by atoms with Crippen LogP contribution in [0.2, 0.25) is 0 Å². The molecule has 2 N–H and O–H groups in total. The number of morpholine rings is 1. The molecule has 118 valence electrons. The molecule has 1 aromatic carbocycles. The van der Waals surface area contributed by atoms with Crippen LogP contribution in [-0.4, -0.2) is 50.9 Å². The fourth-order valence-corrected chi connectivity index (χ4v) is 3.49. The lowest BCUT2D eigenvalue weighted by atomic mass is 10.2. The lowest BCUT2D eigenvalue weighted by Crippen LogP contribution is -2.46. The van der Waals surface area contributed by atoms with Crippen molar-refractivity contribution < 1.29 is 17.9 Å². The van der Waals surface area contributed by atoms with E-state index >= 15 is 0 Å². The van der Waals surface area contributed by atoms with E-state index < -0.39 is 10.0 Å². The molecule has 0 amide bonds. The Hall–Kier alpha value is -1.31. The summed E-state index contributed by atoms with van der Waals surface area (Å²) in [6, 6.07) is 6.95. The Balaban J connectivity index is 1.86. The summed E-state index contributed by atoms with van der Waals surface area (Å²) >= 11 is 0. The van der Waals surface area contributed by atoms with E-state index in [0.717, 1.165) is 6.42 Å². The predicted molar refractivity (Wildman–Crippen MR) is 81.7 cm³/mol. The van der Waals surface area contributed by atoms with E-state index in [1.807, 2.05) is 6.92 Å². The lowest BCUT2D eigenvalue weighted by molar-refractivity contribution is -0.00283. The first-order valence-corrected chi connectivity index (χ1v) is 8.70. The normalized spacial score (nSPS) is 20.3. The third-order valence-electron chi connectivity index (χ3n) is 3.42. The van der Waals surface area contributed by atoms with Crippen LogP contribution in [0.1, 0.15) is 13.3 Å². The first-order valence-electron chi connectivity index (χ1n) is 7.09. The minimum Gasteiger partial charge on any atom is -0.492 e. The first-order chi connectivity index (χ1) is 10.0. The van der Waals surface area contributed by atoms with Gasteiger partial charge in [0, 0.05) is 24.8 Å². The summed E-state index contributed by atoms with van der Waals surface area (Å²) in [6.45, 7) is 3.39. The average molecular weight is 314 g/mol. The van der Waals surface area contributed by atoms with Gasteiger partial charge in [-0.3, -0.25) is 0 Å². The van der Waals surface area contributed by atoms with Crippen molar-refractivity contribution in [2.45, 2.75) is 19.4 Å². The molecule has 1 unspecified atom stereocenters. The molecule has 0 spiro atoms. The molecular weight excluding hydrogens is 292 g/mol. The Kier molecular flexibility index (Phi) is 5.44. The molecule has 0 aromatic heterocycles. The molecule has 1 fully saturated rings.